The number of rotatable bonds is 9. The highest BCUT2D eigenvalue weighted by Gasteiger charge is 2.30. The highest BCUT2D eigenvalue weighted by Crippen LogP contribution is 2.38. The summed E-state index contributed by atoms with van der Waals surface area (Å²) < 4.78 is 54.2. The zero-order valence-corrected chi connectivity index (χ0v) is 19.5. The molecule has 3 aromatic rings. The Morgan fingerprint density at radius 3 is 2.03 bits per heavy atom. The highest BCUT2D eigenvalue weighted by atomic mass is 19.4. The van der Waals surface area contributed by atoms with E-state index in [1.54, 1.807) is 27.5 Å². The molecule has 0 aliphatic heterocycles. The molecule has 8 heteroatoms. The fourth-order valence-corrected chi connectivity index (χ4v) is 3.34. The number of anilines is 1. The molecule has 0 bridgehead atoms. The van der Waals surface area contributed by atoms with Gasteiger partial charge in [-0.25, -0.2) is 0 Å². The van der Waals surface area contributed by atoms with Crippen molar-refractivity contribution in [2.75, 3.05) is 26.6 Å². The minimum atomic E-state index is -4.41. The van der Waals surface area contributed by atoms with Crippen LogP contribution in [-0.2, 0) is 6.18 Å². The third-order valence-corrected chi connectivity index (χ3v) is 5.15. The molecule has 3 rings (SSSR count). The Morgan fingerprint density at radius 1 is 0.829 bits per heavy atom. The molecule has 1 atom stereocenters. The molecule has 1 unspecified atom stereocenters. The fraction of sp³-hybridized carbons (Fsp3) is 0.185. The first-order chi connectivity index (χ1) is 16.7. The zero-order chi connectivity index (χ0) is 25.4. The van der Waals surface area contributed by atoms with Gasteiger partial charge in [0.25, 0.3) is 0 Å². The number of alkyl halides is 3. The normalized spacial score (nSPS) is 12.7. The molecule has 3 aromatic carbocycles. The van der Waals surface area contributed by atoms with E-state index in [1.807, 2.05) is 48.6 Å². The predicted octanol–water partition coefficient (Wildman–Crippen LogP) is 6.56. The van der Waals surface area contributed by atoms with Gasteiger partial charge in [-0.15, -0.1) is 0 Å². The third kappa shape index (κ3) is 6.80. The van der Waals surface area contributed by atoms with Crippen LogP contribution in [0.2, 0.25) is 0 Å². The van der Waals surface area contributed by atoms with Crippen LogP contribution in [-0.4, -0.2) is 26.4 Å². The van der Waals surface area contributed by atoms with Crippen LogP contribution in [0, 0.1) is 0 Å². The second kappa shape index (κ2) is 11.5. The van der Waals surface area contributed by atoms with Crippen LogP contribution in [0.3, 0.4) is 0 Å². The molecule has 0 spiro atoms. The summed E-state index contributed by atoms with van der Waals surface area (Å²) in [6.07, 6.45) is 1.38. The molecular weight excluding hydrogens is 459 g/mol. The summed E-state index contributed by atoms with van der Waals surface area (Å²) in [7, 11) is 4.66. The molecule has 35 heavy (non-hydrogen) atoms. The van der Waals surface area contributed by atoms with Crippen LogP contribution in [0.4, 0.5) is 18.9 Å². The average molecular weight is 486 g/mol. The number of hydrogen-bond acceptors (Lipinski definition) is 5. The van der Waals surface area contributed by atoms with Gasteiger partial charge in [0.2, 0.25) is 5.75 Å². The fourth-order valence-electron chi connectivity index (χ4n) is 3.34. The largest absolute Gasteiger partial charge is 0.493 e. The van der Waals surface area contributed by atoms with E-state index in [4.69, 9.17) is 14.2 Å². The van der Waals surface area contributed by atoms with Crippen LogP contribution >= 0.6 is 0 Å². The third-order valence-electron chi connectivity index (χ3n) is 5.15. The van der Waals surface area contributed by atoms with Crippen molar-refractivity contribution in [2.24, 2.45) is 0 Å². The summed E-state index contributed by atoms with van der Waals surface area (Å²) in [5.41, 5.74) is 2.15. The van der Waals surface area contributed by atoms with E-state index >= 15 is 0 Å². The molecule has 0 aliphatic carbocycles. The van der Waals surface area contributed by atoms with Crippen LogP contribution in [0.5, 0.6) is 17.2 Å². The Balaban J connectivity index is 1.67. The zero-order valence-electron chi connectivity index (χ0n) is 19.5. The van der Waals surface area contributed by atoms with E-state index < -0.39 is 17.8 Å². The lowest BCUT2D eigenvalue weighted by Crippen LogP contribution is -2.05. The number of halogens is 3. The van der Waals surface area contributed by atoms with Gasteiger partial charge >= 0.3 is 6.18 Å². The smallest absolute Gasteiger partial charge is 0.416 e. The van der Waals surface area contributed by atoms with Crippen LogP contribution in [0.1, 0.15) is 28.4 Å². The van der Waals surface area contributed by atoms with Crippen molar-refractivity contribution in [3.63, 3.8) is 0 Å². The summed E-state index contributed by atoms with van der Waals surface area (Å²) in [6, 6.07) is 15.6. The first kappa shape index (κ1) is 25.7. The lowest BCUT2D eigenvalue weighted by atomic mass is 10.1. The topological polar surface area (TPSA) is 60.0 Å². The molecule has 5 nitrogen and oxygen atoms in total. The standard InChI is InChI=1S/C27H26F3NO4/c1-33-24-16-19(17-25(34-2)26(24)35-3)8-7-18-5-4-6-22(15-18)31-14-13-23(32)20-9-11-21(12-10-20)27(28,29)30/h4-17,23,31-32H,1-3H3/b8-7-,14-13-. The lowest BCUT2D eigenvalue weighted by molar-refractivity contribution is -0.137. The van der Waals surface area contributed by atoms with Gasteiger partial charge in [-0.3, -0.25) is 0 Å². The minimum absolute atomic E-state index is 0.359. The quantitative estimate of drug-likeness (QED) is 0.336. The first-order valence-electron chi connectivity index (χ1n) is 10.6. The van der Waals surface area contributed by atoms with Gasteiger partial charge in [0.1, 0.15) is 0 Å². The Labute approximate surface area is 202 Å². The van der Waals surface area contributed by atoms with Crippen LogP contribution < -0.4 is 19.5 Å². The molecule has 0 heterocycles. The second-order valence-electron chi connectivity index (χ2n) is 7.49. The van der Waals surface area contributed by atoms with Crippen molar-refractivity contribution >= 4 is 17.8 Å². The summed E-state index contributed by atoms with van der Waals surface area (Å²) in [5.74, 6) is 1.63. The number of benzene rings is 3. The summed E-state index contributed by atoms with van der Waals surface area (Å²) in [6.45, 7) is 0. The van der Waals surface area contributed by atoms with Gasteiger partial charge in [-0.05, 0) is 65.4 Å². The van der Waals surface area contributed by atoms with Crippen molar-refractivity contribution in [3.8, 4) is 17.2 Å². The Bertz CT molecular complexity index is 1160. The Morgan fingerprint density at radius 2 is 1.46 bits per heavy atom. The molecule has 184 valence electrons. The van der Waals surface area contributed by atoms with E-state index in [2.05, 4.69) is 5.32 Å². The number of aliphatic hydroxyl groups is 1. The Kier molecular flexibility index (Phi) is 8.43. The number of nitrogens with one attached hydrogen (secondary N) is 1. The van der Waals surface area contributed by atoms with E-state index in [0.717, 1.165) is 28.9 Å². The van der Waals surface area contributed by atoms with E-state index in [9.17, 15) is 18.3 Å². The second-order valence-corrected chi connectivity index (χ2v) is 7.49. The minimum Gasteiger partial charge on any atom is -0.493 e. The summed E-state index contributed by atoms with van der Waals surface area (Å²) in [4.78, 5) is 0. The molecular formula is C27H26F3NO4. The molecule has 0 aliphatic rings. The SMILES string of the molecule is COc1cc(/C=C\c2cccc(N/C=C\C(O)c3ccc(C(F)(F)F)cc3)c2)cc(OC)c1OC. The van der Waals surface area contributed by atoms with Gasteiger partial charge in [-0.2, -0.15) is 13.2 Å². The van der Waals surface area contributed by atoms with Gasteiger partial charge in [0.05, 0.1) is 33.0 Å². The van der Waals surface area contributed by atoms with Crippen molar-refractivity contribution < 1.29 is 32.5 Å². The highest BCUT2D eigenvalue weighted by molar-refractivity contribution is 5.74. The first-order valence-corrected chi connectivity index (χ1v) is 10.6. The molecule has 0 amide bonds. The molecule has 0 saturated heterocycles. The molecule has 0 saturated carbocycles. The van der Waals surface area contributed by atoms with Crippen molar-refractivity contribution in [1.82, 2.24) is 0 Å². The lowest BCUT2D eigenvalue weighted by Gasteiger charge is -2.12. The van der Waals surface area contributed by atoms with Crippen LogP contribution in [0.15, 0.2) is 72.9 Å². The van der Waals surface area contributed by atoms with E-state index in [-0.39, 0.29) is 0 Å². The van der Waals surface area contributed by atoms with Crippen molar-refractivity contribution in [1.29, 1.82) is 0 Å². The molecule has 0 radical (unpaired) electrons. The van der Waals surface area contributed by atoms with E-state index in [0.29, 0.717) is 22.8 Å². The van der Waals surface area contributed by atoms with Gasteiger partial charge in [-0.1, -0.05) is 36.4 Å². The van der Waals surface area contributed by atoms with Gasteiger partial charge in [0.15, 0.2) is 11.5 Å². The average Bonchev–Trinajstić information content (AvgIpc) is 2.86. The number of ether oxygens (including phenoxy) is 3. The van der Waals surface area contributed by atoms with Crippen molar-refractivity contribution in [3.05, 3.63) is 95.2 Å². The molecule has 0 aromatic heterocycles. The molecule has 2 N–H and O–H groups in total. The maximum atomic E-state index is 12.7. The maximum absolute atomic E-state index is 12.7. The van der Waals surface area contributed by atoms with Crippen molar-refractivity contribution in [2.45, 2.75) is 12.3 Å². The summed E-state index contributed by atoms with van der Waals surface area (Å²) in [5, 5.41) is 13.3. The summed E-state index contributed by atoms with van der Waals surface area (Å²) >= 11 is 0. The predicted molar refractivity (Wildman–Crippen MR) is 131 cm³/mol. The monoisotopic (exact) mass is 485 g/mol. The van der Waals surface area contributed by atoms with E-state index in [1.165, 1.54) is 18.2 Å². The Hall–Kier alpha value is -3.91. The molecule has 0 fully saturated rings. The number of hydrogen-bond donors (Lipinski definition) is 2. The maximum Gasteiger partial charge on any atom is 0.416 e. The van der Waals surface area contributed by atoms with Gasteiger partial charge < -0.3 is 24.6 Å². The van der Waals surface area contributed by atoms with Gasteiger partial charge in [0, 0.05) is 5.69 Å². The number of aliphatic hydroxyl groups excluding tert-OH is 1. The van der Waals surface area contributed by atoms with Crippen LogP contribution in [0.25, 0.3) is 12.2 Å². The number of methoxy groups -OCH3 is 3.